The number of halogens is 3. The second-order valence-corrected chi connectivity index (χ2v) is 6.52. The van der Waals surface area contributed by atoms with Gasteiger partial charge in [0.15, 0.2) is 17.6 Å². The summed E-state index contributed by atoms with van der Waals surface area (Å²) in [4.78, 5) is 12.2. The molecule has 0 radical (unpaired) electrons. The number of nitrogens with zero attached hydrogens (tertiary/aromatic N) is 3. The highest BCUT2D eigenvalue weighted by Gasteiger charge is 2.49. The summed E-state index contributed by atoms with van der Waals surface area (Å²) in [5, 5.41) is 13.1. The average Bonchev–Trinajstić information content (AvgIpc) is 3.17. The molecule has 2 aliphatic rings. The number of aromatic nitrogens is 3. The van der Waals surface area contributed by atoms with Crippen LogP contribution in [0.15, 0.2) is 16.7 Å². The number of nitrogens with one attached hydrogen (secondary N) is 2. The summed E-state index contributed by atoms with van der Waals surface area (Å²) in [5.74, 6) is 0.520. The number of fused-ring (bicyclic) bond motifs is 1. The SMILES string of the molecule is Cc1cc(NC(=O)c2cc3n(n2)[C@H](C(F)(F)F)C[C@H](C2CC2)N3)no1. The van der Waals surface area contributed by atoms with Crippen molar-refractivity contribution in [3.8, 4) is 0 Å². The van der Waals surface area contributed by atoms with Crippen molar-refractivity contribution < 1.29 is 22.5 Å². The molecule has 0 spiro atoms. The monoisotopic (exact) mass is 355 g/mol. The van der Waals surface area contributed by atoms with E-state index in [2.05, 4.69) is 20.9 Å². The minimum Gasteiger partial charge on any atom is -0.367 e. The Bertz CT molecular complexity index is 808. The Morgan fingerprint density at radius 3 is 2.76 bits per heavy atom. The molecule has 0 bridgehead atoms. The van der Waals surface area contributed by atoms with Crippen molar-refractivity contribution in [3.63, 3.8) is 0 Å². The maximum absolute atomic E-state index is 13.4. The van der Waals surface area contributed by atoms with Gasteiger partial charge in [0.25, 0.3) is 5.91 Å². The fraction of sp³-hybridized carbons (Fsp3) is 0.533. The number of amides is 1. The second kappa shape index (κ2) is 5.50. The number of carbonyl (C=O) groups excluding carboxylic acids is 1. The predicted molar refractivity (Wildman–Crippen MR) is 81.3 cm³/mol. The van der Waals surface area contributed by atoms with Crippen LogP contribution in [0, 0.1) is 12.8 Å². The molecular formula is C15H16F3N5O2. The summed E-state index contributed by atoms with van der Waals surface area (Å²) in [7, 11) is 0. The highest BCUT2D eigenvalue weighted by Crippen LogP contribution is 2.45. The molecule has 7 nitrogen and oxygen atoms in total. The van der Waals surface area contributed by atoms with Crippen LogP contribution >= 0.6 is 0 Å². The van der Waals surface area contributed by atoms with Gasteiger partial charge in [-0.3, -0.25) is 4.79 Å². The molecule has 2 atom stereocenters. The van der Waals surface area contributed by atoms with Gasteiger partial charge in [0.05, 0.1) is 0 Å². The van der Waals surface area contributed by atoms with Crippen LogP contribution in [-0.4, -0.2) is 33.1 Å². The molecule has 1 fully saturated rings. The zero-order valence-electron chi connectivity index (χ0n) is 13.3. The Morgan fingerprint density at radius 2 is 2.16 bits per heavy atom. The van der Waals surface area contributed by atoms with Crippen molar-refractivity contribution in [1.29, 1.82) is 0 Å². The van der Waals surface area contributed by atoms with Crippen molar-refractivity contribution in [2.45, 2.75) is 44.4 Å². The molecule has 0 saturated heterocycles. The third-order valence-corrected chi connectivity index (χ3v) is 4.51. The lowest BCUT2D eigenvalue weighted by Gasteiger charge is -2.33. The van der Waals surface area contributed by atoms with Gasteiger partial charge >= 0.3 is 6.18 Å². The number of alkyl halides is 3. The van der Waals surface area contributed by atoms with Gasteiger partial charge in [0, 0.05) is 18.2 Å². The smallest absolute Gasteiger partial charge is 0.367 e. The van der Waals surface area contributed by atoms with Crippen molar-refractivity contribution in [2.75, 3.05) is 10.6 Å². The lowest BCUT2D eigenvalue weighted by Crippen LogP contribution is -2.40. The summed E-state index contributed by atoms with van der Waals surface area (Å²) < 4.78 is 46.0. The van der Waals surface area contributed by atoms with Gasteiger partial charge in [-0.15, -0.1) is 0 Å². The normalized spacial score (nSPS) is 23.0. The van der Waals surface area contributed by atoms with Gasteiger partial charge in [-0.25, -0.2) is 4.68 Å². The van der Waals surface area contributed by atoms with Crippen LogP contribution in [0.2, 0.25) is 0 Å². The van der Waals surface area contributed by atoms with Crippen molar-refractivity contribution in [3.05, 3.63) is 23.6 Å². The number of hydrogen-bond donors (Lipinski definition) is 2. The quantitative estimate of drug-likeness (QED) is 0.884. The molecule has 3 heterocycles. The number of aryl methyl sites for hydroxylation is 1. The maximum atomic E-state index is 13.4. The van der Waals surface area contributed by atoms with Crippen LogP contribution in [0.25, 0.3) is 0 Å². The molecule has 1 amide bonds. The Morgan fingerprint density at radius 1 is 1.40 bits per heavy atom. The van der Waals surface area contributed by atoms with Crippen LogP contribution in [0.3, 0.4) is 0 Å². The van der Waals surface area contributed by atoms with E-state index in [-0.39, 0.29) is 35.7 Å². The topological polar surface area (TPSA) is 85.0 Å². The number of hydrogen-bond acceptors (Lipinski definition) is 5. The standard InChI is InChI=1S/C15H16F3N5O2/c1-7-4-12(22-25-7)20-14(24)10-6-13-19-9(8-2-3-8)5-11(15(16,17)18)23(13)21-10/h4,6,8-9,11,19H,2-3,5H2,1H3,(H,20,22,24)/t9-,11+/m1/s1. The molecular weight excluding hydrogens is 339 g/mol. The van der Waals surface area contributed by atoms with Crippen molar-refractivity contribution >= 4 is 17.5 Å². The largest absolute Gasteiger partial charge is 0.410 e. The van der Waals surface area contributed by atoms with Gasteiger partial charge in [0.2, 0.25) is 0 Å². The minimum absolute atomic E-state index is 0.0770. The Kier molecular flexibility index (Phi) is 3.51. The Labute approximate surface area is 140 Å². The first-order valence-electron chi connectivity index (χ1n) is 7.99. The van der Waals surface area contributed by atoms with E-state index >= 15 is 0 Å². The Hall–Kier alpha value is -2.52. The molecule has 1 aliphatic heterocycles. The van der Waals surface area contributed by atoms with E-state index in [0.717, 1.165) is 17.5 Å². The molecule has 4 rings (SSSR count). The van der Waals surface area contributed by atoms with Gasteiger partial charge < -0.3 is 15.2 Å². The molecule has 25 heavy (non-hydrogen) atoms. The van der Waals surface area contributed by atoms with Crippen molar-refractivity contribution in [1.82, 2.24) is 14.9 Å². The first-order chi connectivity index (χ1) is 11.8. The lowest BCUT2D eigenvalue weighted by atomic mass is 10.0. The lowest BCUT2D eigenvalue weighted by molar-refractivity contribution is -0.174. The maximum Gasteiger partial charge on any atom is 0.410 e. The molecule has 10 heteroatoms. The minimum atomic E-state index is -4.42. The van der Waals surface area contributed by atoms with Crippen molar-refractivity contribution in [2.24, 2.45) is 5.92 Å². The van der Waals surface area contributed by atoms with Crippen LogP contribution in [0.5, 0.6) is 0 Å². The molecule has 134 valence electrons. The number of anilines is 2. The van der Waals surface area contributed by atoms with E-state index in [1.807, 2.05) is 0 Å². The highest BCUT2D eigenvalue weighted by molar-refractivity contribution is 6.02. The molecule has 2 N–H and O–H groups in total. The van der Waals surface area contributed by atoms with Gasteiger partial charge in [-0.2, -0.15) is 18.3 Å². The average molecular weight is 355 g/mol. The third kappa shape index (κ3) is 3.08. The highest BCUT2D eigenvalue weighted by atomic mass is 19.4. The third-order valence-electron chi connectivity index (χ3n) is 4.51. The van der Waals surface area contributed by atoms with Crippen LogP contribution in [-0.2, 0) is 0 Å². The first kappa shape index (κ1) is 16.0. The predicted octanol–water partition coefficient (Wildman–Crippen LogP) is 3.13. The first-order valence-corrected chi connectivity index (χ1v) is 7.99. The molecule has 2 aromatic heterocycles. The number of carbonyl (C=O) groups is 1. The number of rotatable bonds is 3. The summed E-state index contributed by atoms with van der Waals surface area (Å²) in [6.07, 6.45) is -2.65. The summed E-state index contributed by atoms with van der Waals surface area (Å²) in [6.45, 7) is 1.66. The molecule has 2 aromatic rings. The molecule has 0 unspecified atom stereocenters. The molecule has 1 saturated carbocycles. The summed E-state index contributed by atoms with van der Waals surface area (Å²) >= 11 is 0. The summed E-state index contributed by atoms with van der Waals surface area (Å²) in [6, 6.07) is 0.874. The van der Waals surface area contributed by atoms with Crippen LogP contribution < -0.4 is 10.6 Å². The van der Waals surface area contributed by atoms with E-state index in [1.54, 1.807) is 6.92 Å². The van der Waals surface area contributed by atoms with E-state index in [9.17, 15) is 18.0 Å². The second-order valence-electron chi connectivity index (χ2n) is 6.52. The van der Waals surface area contributed by atoms with E-state index < -0.39 is 18.1 Å². The zero-order chi connectivity index (χ0) is 17.8. The molecule has 0 aromatic carbocycles. The van der Waals surface area contributed by atoms with E-state index in [4.69, 9.17) is 4.52 Å². The van der Waals surface area contributed by atoms with Gasteiger partial charge in [0.1, 0.15) is 11.6 Å². The Balaban J connectivity index is 1.61. The van der Waals surface area contributed by atoms with E-state index in [0.29, 0.717) is 5.76 Å². The fourth-order valence-electron chi connectivity index (χ4n) is 3.13. The fourth-order valence-corrected chi connectivity index (χ4v) is 3.13. The van der Waals surface area contributed by atoms with Crippen LogP contribution in [0.4, 0.5) is 24.8 Å². The van der Waals surface area contributed by atoms with Gasteiger partial charge in [-0.1, -0.05) is 5.16 Å². The molecule has 1 aliphatic carbocycles. The van der Waals surface area contributed by atoms with Gasteiger partial charge in [-0.05, 0) is 32.1 Å². The zero-order valence-corrected chi connectivity index (χ0v) is 13.3. The van der Waals surface area contributed by atoms with Crippen LogP contribution in [0.1, 0.15) is 41.6 Å². The summed E-state index contributed by atoms with van der Waals surface area (Å²) in [5.41, 5.74) is -0.103. The van der Waals surface area contributed by atoms with E-state index in [1.165, 1.54) is 12.1 Å².